The number of anilines is 3. The number of hydrogen-bond acceptors (Lipinski definition) is 6. The Morgan fingerprint density at radius 1 is 0.925 bits per heavy atom. The highest BCUT2D eigenvalue weighted by Crippen LogP contribution is 2.34. The van der Waals surface area contributed by atoms with Crippen molar-refractivity contribution >= 4 is 67.6 Å². The fourth-order valence-corrected chi connectivity index (χ4v) is 4.46. The van der Waals surface area contributed by atoms with E-state index in [1.54, 1.807) is 84.9 Å². The number of carbonyl (C=O) groups excluding carboxylic acids is 2. The molecule has 0 fully saturated rings. The van der Waals surface area contributed by atoms with Crippen LogP contribution in [0.4, 0.5) is 21.9 Å². The van der Waals surface area contributed by atoms with Crippen molar-refractivity contribution in [3.63, 3.8) is 0 Å². The van der Waals surface area contributed by atoms with Crippen molar-refractivity contribution in [3.8, 4) is 11.5 Å². The lowest BCUT2D eigenvalue weighted by atomic mass is 10.0. The molecule has 0 saturated heterocycles. The first-order chi connectivity index (χ1) is 19.3. The summed E-state index contributed by atoms with van der Waals surface area (Å²) >= 11 is 5.46. The van der Waals surface area contributed by atoms with Gasteiger partial charge in [-0.05, 0) is 95.4 Å². The first-order valence-electron chi connectivity index (χ1n) is 12.1. The fourth-order valence-electron chi connectivity index (χ4n) is 3.68. The molecule has 204 valence electrons. The fraction of sp³-hybridized carbons (Fsp3) is 0.0667. The van der Waals surface area contributed by atoms with E-state index in [0.29, 0.717) is 28.4 Å². The van der Waals surface area contributed by atoms with Crippen molar-refractivity contribution in [2.45, 2.75) is 12.2 Å². The first kappa shape index (κ1) is 29.0. The van der Waals surface area contributed by atoms with Gasteiger partial charge in [0.15, 0.2) is 12.2 Å². The predicted octanol–water partition coefficient (Wildman–Crippen LogP) is 7.27. The minimum absolute atomic E-state index is 0.0987. The Morgan fingerprint density at radius 3 is 2.35 bits per heavy atom. The second-order valence-electron chi connectivity index (χ2n) is 8.49. The van der Waals surface area contributed by atoms with Crippen molar-refractivity contribution in [2.75, 3.05) is 16.4 Å². The number of nitrogens with two attached hydrogens (primary N) is 1. The highest BCUT2D eigenvalue weighted by Gasteiger charge is 2.30. The minimum Gasteiger partial charge on any atom is -0.508 e. The molecule has 4 rings (SSSR count). The Labute approximate surface area is 253 Å². The maximum atomic E-state index is 13.0. The maximum absolute atomic E-state index is 13.0. The van der Waals surface area contributed by atoms with E-state index in [-0.39, 0.29) is 5.75 Å². The van der Waals surface area contributed by atoms with Gasteiger partial charge in [-0.2, -0.15) is 0 Å². The molecule has 0 aliphatic carbocycles. The number of halogens is 2. The van der Waals surface area contributed by atoms with Crippen LogP contribution in [-0.2, 0) is 9.53 Å². The van der Waals surface area contributed by atoms with E-state index < -0.39 is 24.2 Å². The average molecular weight is 714 g/mol. The van der Waals surface area contributed by atoms with Gasteiger partial charge in [-0.15, -0.1) is 0 Å². The summed E-state index contributed by atoms with van der Waals surface area (Å²) in [5.74, 6) is -0.0974. The van der Waals surface area contributed by atoms with Crippen LogP contribution in [0.3, 0.4) is 0 Å². The molecule has 4 aromatic rings. The number of rotatable bonds is 9. The van der Waals surface area contributed by atoms with E-state index in [4.69, 9.17) is 15.2 Å². The number of para-hydroxylation sites is 3. The Morgan fingerprint density at radius 2 is 1.62 bits per heavy atom. The van der Waals surface area contributed by atoms with Crippen LogP contribution in [-0.4, -0.2) is 23.2 Å². The third-order valence-corrected chi connectivity index (χ3v) is 6.79. The van der Waals surface area contributed by atoms with Crippen LogP contribution in [0.25, 0.3) is 0 Å². The topological polar surface area (TPSA) is 123 Å². The Balaban J connectivity index is 1.67. The highest BCUT2D eigenvalue weighted by atomic mass is 127. The zero-order valence-corrected chi connectivity index (χ0v) is 24.7. The Bertz CT molecular complexity index is 1500. The summed E-state index contributed by atoms with van der Waals surface area (Å²) in [7, 11) is 0. The van der Waals surface area contributed by atoms with Gasteiger partial charge in [-0.3, -0.25) is 10.1 Å². The number of carbonyl (C=O) groups is 2. The molecule has 5 N–H and O–H groups in total. The summed E-state index contributed by atoms with van der Waals surface area (Å²) in [5.41, 5.74) is 7.63. The van der Waals surface area contributed by atoms with E-state index in [0.717, 1.165) is 8.04 Å². The second kappa shape index (κ2) is 13.9. The van der Waals surface area contributed by atoms with Crippen LogP contribution >= 0.6 is 38.5 Å². The standard InChI is InChI=1S/C30H25BrIN3O5/c31-19-10-13-21(14-11-19)34-30(38)40-29(23-18-20(32)12-15-26(23)36)27(39-22-6-2-1-3-7-22)16-17-28(37)35-25-9-5-4-8-24(25)33/h1-18,27,29,36H,33H2,(H,34,38)(H,35,37)/b17-16+/t27-,29-/m0/s1. The summed E-state index contributed by atoms with van der Waals surface area (Å²) in [4.78, 5) is 25.9. The van der Waals surface area contributed by atoms with Crippen molar-refractivity contribution < 1.29 is 24.2 Å². The van der Waals surface area contributed by atoms with Crippen molar-refractivity contribution in [1.29, 1.82) is 0 Å². The lowest BCUT2D eigenvalue weighted by molar-refractivity contribution is -0.112. The van der Waals surface area contributed by atoms with Gasteiger partial charge in [-0.25, -0.2) is 4.79 Å². The Kier molecular flexibility index (Phi) is 10.0. The van der Waals surface area contributed by atoms with Gasteiger partial charge in [0.2, 0.25) is 5.91 Å². The maximum Gasteiger partial charge on any atom is 0.412 e. The molecule has 4 aromatic carbocycles. The molecule has 0 aromatic heterocycles. The zero-order chi connectivity index (χ0) is 28.5. The van der Waals surface area contributed by atoms with E-state index in [2.05, 4.69) is 49.2 Å². The summed E-state index contributed by atoms with van der Waals surface area (Å²) in [6.07, 6.45) is -0.189. The molecule has 0 aliphatic heterocycles. The van der Waals surface area contributed by atoms with Crippen molar-refractivity contribution in [2.24, 2.45) is 0 Å². The SMILES string of the molecule is Nc1ccccc1NC(=O)/C=C/[C@H](Oc1ccccc1)[C@@H](OC(=O)Nc1ccc(Br)cc1)c1cc(I)ccc1O. The van der Waals surface area contributed by atoms with E-state index in [1.165, 1.54) is 18.2 Å². The summed E-state index contributed by atoms with van der Waals surface area (Å²) in [6.45, 7) is 0. The van der Waals surface area contributed by atoms with Gasteiger partial charge in [0.05, 0.1) is 11.4 Å². The molecule has 0 aliphatic rings. The van der Waals surface area contributed by atoms with Gasteiger partial charge in [-0.1, -0.05) is 46.3 Å². The summed E-state index contributed by atoms with van der Waals surface area (Å²) in [5, 5.41) is 16.2. The van der Waals surface area contributed by atoms with Crippen LogP contribution in [0.1, 0.15) is 11.7 Å². The third kappa shape index (κ3) is 8.23. The normalized spacial score (nSPS) is 12.3. The second-order valence-corrected chi connectivity index (χ2v) is 10.7. The lowest BCUT2D eigenvalue weighted by Crippen LogP contribution is -2.30. The van der Waals surface area contributed by atoms with Gasteiger partial charge in [0, 0.05) is 25.4 Å². The zero-order valence-electron chi connectivity index (χ0n) is 21.0. The molecule has 0 radical (unpaired) electrons. The number of hydrogen-bond donors (Lipinski definition) is 4. The van der Waals surface area contributed by atoms with E-state index in [1.807, 2.05) is 6.07 Å². The molecule has 0 heterocycles. The predicted molar refractivity (Wildman–Crippen MR) is 167 cm³/mol. The molecular formula is C30H25BrIN3O5. The molecular weight excluding hydrogens is 689 g/mol. The molecule has 0 spiro atoms. The smallest absolute Gasteiger partial charge is 0.412 e. The number of aromatic hydroxyl groups is 1. The van der Waals surface area contributed by atoms with Gasteiger partial charge in [0.25, 0.3) is 0 Å². The van der Waals surface area contributed by atoms with Crippen LogP contribution in [0, 0.1) is 3.57 Å². The van der Waals surface area contributed by atoms with Crippen LogP contribution in [0.15, 0.2) is 114 Å². The molecule has 0 unspecified atom stereocenters. The van der Waals surface area contributed by atoms with Crippen LogP contribution in [0.5, 0.6) is 11.5 Å². The molecule has 0 bridgehead atoms. The quantitative estimate of drug-likeness (QED) is 0.0822. The van der Waals surface area contributed by atoms with Crippen LogP contribution < -0.4 is 21.1 Å². The van der Waals surface area contributed by atoms with Gasteiger partial charge in [0.1, 0.15) is 11.5 Å². The number of phenols is 1. The van der Waals surface area contributed by atoms with E-state index in [9.17, 15) is 14.7 Å². The Hall–Kier alpha value is -4.03. The molecule has 2 atom stereocenters. The van der Waals surface area contributed by atoms with Crippen LogP contribution in [0.2, 0.25) is 0 Å². The lowest BCUT2D eigenvalue weighted by Gasteiger charge is -2.27. The van der Waals surface area contributed by atoms with Gasteiger partial charge < -0.3 is 25.6 Å². The summed E-state index contributed by atoms with van der Waals surface area (Å²) in [6, 6.07) is 27.7. The molecule has 0 saturated carbocycles. The summed E-state index contributed by atoms with van der Waals surface area (Å²) < 4.78 is 13.7. The van der Waals surface area contributed by atoms with Gasteiger partial charge >= 0.3 is 6.09 Å². The average Bonchev–Trinajstić information content (AvgIpc) is 2.94. The molecule has 10 heteroatoms. The number of benzene rings is 4. The van der Waals surface area contributed by atoms with E-state index >= 15 is 0 Å². The number of nitrogen functional groups attached to an aromatic ring is 1. The molecule has 40 heavy (non-hydrogen) atoms. The molecule has 2 amide bonds. The molecule has 8 nitrogen and oxygen atoms in total. The third-order valence-electron chi connectivity index (χ3n) is 5.59. The van der Waals surface area contributed by atoms with Crippen molar-refractivity contribution in [3.05, 3.63) is 123 Å². The largest absolute Gasteiger partial charge is 0.508 e. The number of nitrogens with one attached hydrogen (secondary N) is 2. The number of ether oxygens (including phenoxy) is 2. The van der Waals surface area contributed by atoms with Crippen molar-refractivity contribution in [1.82, 2.24) is 0 Å². The number of phenolic OH excluding ortho intramolecular Hbond substituents is 1. The first-order valence-corrected chi connectivity index (χ1v) is 13.9. The highest BCUT2D eigenvalue weighted by molar-refractivity contribution is 14.1. The monoisotopic (exact) mass is 713 g/mol. The number of amides is 2. The minimum atomic E-state index is -1.14.